The van der Waals surface area contributed by atoms with Crippen molar-refractivity contribution in [3.05, 3.63) is 76.6 Å². The van der Waals surface area contributed by atoms with Crippen molar-refractivity contribution < 1.29 is 9.90 Å². The van der Waals surface area contributed by atoms with Gasteiger partial charge in [-0.15, -0.1) is 0 Å². The van der Waals surface area contributed by atoms with Crippen LogP contribution in [0.3, 0.4) is 0 Å². The van der Waals surface area contributed by atoms with Gasteiger partial charge in [-0.2, -0.15) is 0 Å². The van der Waals surface area contributed by atoms with Gasteiger partial charge in [0.05, 0.1) is 11.4 Å². The molecular formula is C21H21ClN2O2. The molecule has 1 N–H and O–H groups in total. The average Bonchev–Trinajstić information content (AvgIpc) is 3.15. The van der Waals surface area contributed by atoms with Gasteiger partial charge in [-0.05, 0) is 61.8 Å². The molecule has 1 aromatic carbocycles. The van der Waals surface area contributed by atoms with Crippen LogP contribution >= 0.6 is 11.6 Å². The first-order valence-corrected chi connectivity index (χ1v) is 9.06. The standard InChI is InChI=1S/C21H21ClN2O2/c22-17-8-6-16(7-9-17)19(12-15-24-13-1-2-14-24)20-5-3-4-18(23-20)10-11-21(25)26/h3-12H,1-2,13-15H2,(H,25,26). The van der Waals surface area contributed by atoms with Crippen molar-refractivity contribution in [2.45, 2.75) is 12.8 Å². The fourth-order valence-corrected chi connectivity index (χ4v) is 3.16. The number of pyridine rings is 1. The van der Waals surface area contributed by atoms with Gasteiger partial charge in [0.1, 0.15) is 0 Å². The van der Waals surface area contributed by atoms with Crippen LogP contribution in [0.25, 0.3) is 11.6 Å². The van der Waals surface area contributed by atoms with Crippen LogP contribution in [0.2, 0.25) is 5.02 Å². The third kappa shape index (κ3) is 5.04. The monoisotopic (exact) mass is 368 g/mol. The Morgan fingerprint density at radius 3 is 2.58 bits per heavy atom. The summed E-state index contributed by atoms with van der Waals surface area (Å²) >= 11 is 6.03. The molecule has 0 saturated carbocycles. The number of hydrogen-bond acceptors (Lipinski definition) is 3. The van der Waals surface area contributed by atoms with E-state index in [-0.39, 0.29) is 0 Å². The zero-order valence-corrected chi connectivity index (χ0v) is 15.2. The molecule has 1 fully saturated rings. The molecular weight excluding hydrogens is 348 g/mol. The van der Waals surface area contributed by atoms with Gasteiger partial charge in [0.15, 0.2) is 0 Å². The van der Waals surface area contributed by atoms with Gasteiger partial charge in [-0.1, -0.05) is 35.9 Å². The summed E-state index contributed by atoms with van der Waals surface area (Å²) in [5.74, 6) is -0.986. The number of hydrogen-bond donors (Lipinski definition) is 1. The number of benzene rings is 1. The van der Waals surface area contributed by atoms with Crippen LogP contribution in [-0.2, 0) is 4.79 Å². The fraction of sp³-hybridized carbons (Fsp3) is 0.238. The topological polar surface area (TPSA) is 53.4 Å². The maximum absolute atomic E-state index is 10.8. The summed E-state index contributed by atoms with van der Waals surface area (Å²) in [4.78, 5) is 17.8. The third-order valence-corrected chi connectivity index (χ3v) is 4.60. The Hall–Kier alpha value is -2.43. The predicted molar refractivity (Wildman–Crippen MR) is 105 cm³/mol. The van der Waals surface area contributed by atoms with E-state index in [1.54, 1.807) is 6.07 Å². The van der Waals surface area contributed by atoms with E-state index >= 15 is 0 Å². The van der Waals surface area contributed by atoms with Gasteiger partial charge in [-0.25, -0.2) is 9.78 Å². The molecule has 0 atom stereocenters. The first-order valence-electron chi connectivity index (χ1n) is 8.69. The lowest BCUT2D eigenvalue weighted by Crippen LogP contribution is -2.19. The van der Waals surface area contributed by atoms with E-state index in [0.717, 1.165) is 42.5 Å². The molecule has 4 nitrogen and oxygen atoms in total. The first kappa shape index (κ1) is 18.4. The lowest BCUT2D eigenvalue weighted by molar-refractivity contribution is -0.131. The van der Waals surface area contributed by atoms with E-state index in [2.05, 4.69) is 16.0 Å². The van der Waals surface area contributed by atoms with Crippen molar-refractivity contribution in [1.82, 2.24) is 9.88 Å². The molecule has 2 heterocycles. The largest absolute Gasteiger partial charge is 0.478 e. The van der Waals surface area contributed by atoms with E-state index in [0.29, 0.717) is 10.7 Å². The minimum Gasteiger partial charge on any atom is -0.478 e. The van der Waals surface area contributed by atoms with Gasteiger partial charge < -0.3 is 5.11 Å². The number of aliphatic carboxylic acids is 1. The van der Waals surface area contributed by atoms with E-state index in [4.69, 9.17) is 16.7 Å². The molecule has 0 bridgehead atoms. The van der Waals surface area contributed by atoms with E-state index in [1.165, 1.54) is 18.9 Å². The number of aromatic nitrogens is 1. The van der Waals surface area contributed by atoms with Crippen molar-refractivity contribution in [2.24, 2.45) is 0 Å². The summed E-state index contributed by atoms with van der Waals surface area (Å²) in [5, 5.41) is 9.51. The van der Waals surface area contributed by atoms with Gasteiger partial charge in [0.25, 0.3) is 0 Å². The summed E-state index contributed by atoms with van der Waals surface area (Å²) < 4.78 is 0. The zero-order valence-electron chi connectivity index (χ0n) is 14.4. The lowest BCUT2D eigenvalue weighted by Gasteiger charge is -2.14. The summed E-state index contributed by atoms with van der Waals surface area (Å²) in [6, 6.07) is 13.3. The number of nitrogens with zero attached hydrogens (tertiary/aromatic N) is 2. The predicted octanol–water partition coefficient (Wildman–Crippen LogP) is 4.36. The van der Waals surface area contributed by atoms with Crippen molar-refractivity contribution in [2.75, 3.05) is 19.6 Å². The third-order valence-electron chi connectivity index (χ3n) is 4.35. The van der Waals surface area contributed by atoms with Crippen molar-refractivity contribution in [3.63, 3.8) is 0 Å². The summed E-state index contributed by atoms with van der Waals surface area (Å²) in [7, 11) is 0. The molecule has 26 heavy (non-hydrogen) atoms. The first-order chi connectivity index (χ1) is 12.6. The SMILES string of the molecule is O=C(O)C=Cc1cccc(C(=CCN2CCCC2)c2ccc(Cl)cc2)n1. The van der Waals surface area contributed by atoms with Crippen molar-refractivity contribution in [1.29, 1.82) is 0 Å². The zero-order chi connectivity index (χ0) is 18.4. The van der Waals surface area contributed by atoms with Crippen molar-refractivity contribution in [3.8, 4) is 0 Å². The second-order valence-electron chi connectivity index (χ2n) is 6.25. The van der Waals surface area contributed by atoms with Crippen LogP contribution in [0, 0.1) is 0 Å². The highest BCUT2D eigenvalue weighted by atomic mass is 35.5. The molecule has 1 aliphatic heterocycles. The average molecular weight is 369 g/mol. The highest BCUT2D eigenvalue weighted by molar-refractivity contribution is 6.30. The summed E-state index contributed by atoms with van der Waals surface area (Å²) in [6.45, 7) is 3.12. The number of carboxylic acids is 1. The Morgan fingerprint density at radius 1 is 1.15 bits per heavy atom. The molecule has 0 unspecified atom stereocenters. The van der Waals surface area contributed by atoms with E-state index < -0.39 is 5.97 Å². The maximum Gasteiger partial charge on any atom is 0.328 e. The highest BCUT2D eigenvalue weighted by Gasteiger charge is 2.12. The second-order valence-corrected chi connectivity index (χ2v) is 6.69. The minimum absolute atomic E-state index is 0.617. The van der Waals surface area contributed by atoms with Crippen LogP contribution < -0.4 is 0 Å². The smallest absolute Gasteiger partial charge is 0.328 e. The molecule has 0 spiro atoms. The highest BCUT2D eigenvalue weighted by Crippen LogP contribution is 2.24. The molecule has 5 heteroatoms. The Bertz CT molecular complexity index is 822. The van der Waals surface area contributed by atoms with Gasteiger partial charge in [0, 0.05) is 23.2 Å². The quantitative estimate of drug-likeness (QED) is 0.770. The Balaban J connectivity index is 1.94. The number of halogens is 1. The van der Waals surface area contributed by atoms with Crippen molar-refractivity contribution >= 4 is 29.2 Å². The molecule has 2 aromatic rings. The van der Waals surface area contributed by atoms with Crippen LogP contribution in [0.15, 0.2) is 54.6 Å². The lowest BCUT2D eigenvalue weighted by atomic mass is 10.0. The summed E-state index contributed by atoms with van der Waals surface area (Å²) in [6.07, 6.45) is 7.30. The van der Waals surface area contributed by atoms with Gasteiger partial charge >= 0.3 is 5.97 Å². The Kier molecular flexibility index (Phi) is 6.21. The number of carboxylic acid groups (broad SMARTS) is 1. The van der Waals surface area contributed by atoms with Gasteiger partial charge in [-0.3, -0.25) is 4.90 Å². The number of likely N-dealkylation sites (tertiary alicyclic amines) is 1. The molecule has 1 saturated heterocycles. The molecule has 0 radical (unpaired) electrons. The molecule has 3 rings (SSSR count). The molecule has 0 amide bonds. The Morgan fingerprint density at radius 2 is 1.88 bits per heavy atom. The molecule has 134 valence electrons. The van der Waals surface area contributed by atoms with Crippen LogP contribution in [0.5, 0.6) is 0 Å². The fourth-order valence-electron chi connectivity index (χ4n) is 3.04. The maximum atomic E-state index is 10.8. The molecule has 0 aliphatic carbocycles. The second kappa shape index (κ2) is 8.79. The van der Waals surface area contributed by atoms with Crippen LogP contribution in [0.1, 0.15) is 29.8 Å². The normalized spacial score (nSPS) is 15.7. The van der Waals surface area contributed by atoms with E-state index in [1.807, 2.05) is 36.4 Å². The molecule has 1 aromatic heterocycles. The number of carbonyl (C=O) groups is 1. The Labute approximate surface area is 158 Å². The minimum atomic E-state index is -0.986. The van der Waals surface area contributed by atoms with Crippen LogP contribution in [0.4, 0.5) is 0 Å². The molecule has 1 aliphatic rings. The summed E-state index contributed by atoms with van der Waals surface area (Å²) in [5.41, 5.74) is 3.50. The van der Waals surface area contributed by atoms with Crippen LogP contribution in [-0.4, -0.2) is 40.6 Å². The number of rotatable bonds is 6. The van der Waals surface area contributed by atoms with E-state index in [9.17, 15) is 4.79 Å². The van der Waals surface area contributed by atoms with Gasteiger partial charge in [0.2, 0.25) is 0 Å².